The first-order valence-corrected chi connectivity index (χ1v) is 12.9. The standard InChI is InChI=1S/C34H30N4.CH4/c1-23-19-29(27-11-15-35-16-12-27)20-24(2)37(23)33-9-5-8-32-31(33)7-6-10-34(32)38-25(3)21-30(22-26(38)4)28-13-17-36-18-14-28;/h5-22H,1-4H3;1H4/q+2;. The lowest BCUT2D eigenvalue weighted by atomic mass is 10.0. The van der Waals surface area contributed by atoms with E-state index in [0.29, 0.717) is 0 Å². The van der Waals surface area contributed by atoms with E-state index in [0.717, 1.165) is 0 Å². The van der Waals surface area contributed by atoms with Crippen molar-refractivity contribution < 1.29 is 9.13 Å². The number of rotatable bonds is 4. The summed E-state index contributed by atoms with van der Waals surface area (Å²) in [6.07, 6.45) is 7.38. The van der Waals surface area contributed by atoms with Gasteiger partial charge >= 0.3 is 0 Å². The zero-order valence-electron chi connectivity index (χ0n) is 22.2. The van der Waals surface area contributed by atoms with Gasteiger partial charge in [0.1, 0.15) is 0 Å². The average molecular weight is 511 g/mol. The maximum atomic E-state index is 4.17. The lowest BCUT2D eigenvalue weighted by molar-refractivity contribution is -0.609. The minimum atomic E-state index is 0. The molecule has 0 amide bonds. The molecule has 6 aromatic rings. The summed E-state index contributed by atoms with van der Waals surface area (Å²) in [5.74, 6) is 0. The Bertz CT molecular complexity index is 1610. The third kappa shape index (κ3) is 4.70. The molecule has 0 aliphatic carbocycles. The molecule has 0 unspecified atom stereocenters. The van der Waals surface area contributed by atoms with Gasteiger partial charge in [0.15, 0.2) is 22.8 Å². The summed E-state index contributed by atoms with van der Waals surface area (Å²) < 4.78 is 4.71. The Morgan fingerprint density at radius 2 is 0.769 bits per heavy atom. The summed E-state index contributed by atoms with van der Waals surface area (Å²) in [7, 11) is 0. The van der Waals surface area contributed by atoms with Gasteiger partial charge in [-0.1, -0.05) is 19.6 Å². The summed E-state index contributed by atoms with van der Waals surface area (Å²) >= 11 is 0. The Kier molecular flexibility index (Phi) is 7.03. The first-order valence-electron chi connectivity index (χ1n) is 12.9. The molecule has 192 valence electrons. The lowest BCUT2D eigenvalue weighted by Crippen LogP contribution is -2.39. The third-order valence-electron chi connectivity index (χ3n) is 7.25. The molecular weight excluding hydrogens is 476 g/mol. The van der Waals surface area contributed by atoms with E-state index in [1.54, 1.807) is 0 Å². The largest absolute Gasteiger partial charge is 0.265 e. The first-order chi connectivity index (χ1) is 18.5. The summed E-state index contributed by atoms with van der Waals surface area (Å²) in [5.41, 5.74) is 11.9. The highest BCUT2D eigenvalue weighted by Crippen LogP contribution is 2.27. The van der Waals surface area contributed by atoms with Crippen LogP contribution in [-0.2, 0) is 0 Å². The van der Waals surface area contributed by atoms with Crippen molar-refractivity contribution in [3.8, 4) is 33.6 Å². The Morgan fingerprint density at radius 1 is 0.436 bits per heavy atom. The van der Waals surface area contributed by atoms with Gasteiger partial charge in [-0.2, -0.15) is 9.13 Å². The van der Waals surface area contributed by atoms with Crippen LogP contribution in [0.3, 0.4) is 0 Å². The normalized spacial score (nSPS) is 10.9. The van der Waals surface area contributed by atoms with E-state index in [-0.39, 0.29) is 7.43 Å². The fourth-order valence-corrected chi connectivity index (χ4v) is 5.65. The number of hydrogen-bond acceptors (Lipinski definition) is 2. The smallest absolute Gasteiger partial charge is 0.219 e. The Balaban J connectivity index is 0.00000308. The fraction of sp³-hybridized carbons (Fsp3) is 0.143. The van der Waals surface area contributed by atoms with Gasteiger partial charge in [0.2, 0.25) is 11.4 Å². The van der Waals surface area contributed by atoms with E-state index < -0.39 is 0 Å². The zero-order chi connectivity index (χ0) is 26.2. The molecule has 0 N–H and O–H groups in total. The second-order valence-corrected chi connectivity index (χ2v) is 9.85. The van der Waals surface area contributed by atoms with Gasteiger partial charge in [-0.05, 0) is 58.7 Å². The van der Waals surface area contributed by atoms with E-state index in [2.05, 4.69) is 132 Å². The van der Waals surface area contributed by atoms with Crippen molar-refractivity contribution in [1.29, 1.82) is 0 Å². The Labute approximate surface area is 230 Å². The van der Waals surface area contributed by atoms with E-state index in [1.807, 2.05) is 24.8 Å². The molecule has 4 heterocycles. The predicted octanol–water partition coefficient (Wildman–Crippen LogP) is 7.39. The molecular formula is C35H34N4+2. The summed E-state index contributed by atoms with van der Waals surface area (Å²) in [6.45, 7) is 8.73. The van der Waals surface area contributed by atoms with Gasteiger partial charge in [-0.3, -0.25) is 9.97 Å². The van der Waals surface area contributed by atoms with Crippen molar-refractivity contribution in [2.75, 3.05) is 0 Å². The number of hydrogen-bond donors (Lipinski definition) is 0. The molecule has 39 heavy (non-hydrogen) atoms. The van der Waals surface area contributed by atoms with Crippen LogP contribution in [0, 0.1) is 27.7 Å². The SMILES string of the molecule is C.Cc1cc(-c2ccncc2)cc(C)[n+]1-c1cccc2c(-[n+]3c(C)cc(-c4ccncc4)cc3C)cccc12. The molecule has 0 aliphatic rings. The number of aromatic nitrogens is 4. The van der Waals surface area contributed by atoms with Crippen molar-refractivity contribution in [3.63, 3.8) is 0 Å². The quantitative estimate of drug-likeness (QED) is 0.232. The number of pyridine rings is 4. The van der Waals surface area contributed by atoms with Gasteiger partial charge < -0.3 is 0 Å². The Morgan fingerprint density at radius 3 is 1.10 bits per heavy atom. The number of nitrogens with zero attached hydrogens (tertiary/aromatic N) is 4. The van der Waals surface area contributed by atoms with Crippen molar-refractivity contribution in [1.82, 2.24) is 9.97 Å². The number of fused-ring (bicyclic) bond motifs is 1. The van der Waals surface area contributed by atoms with Crippen LogP contribution in [0.1, 0.15) is 30.2 Å². The molecule has 0 fully saturated rings. The van der Waals surface area contributed by atoms with Crippen LogP contribution in [0.4, 0.5) is 0 Å². The fourth-order valence-electron chi connectivity index (χ4n) is 5.65. The van der Waals surface area contributed by atoms with Crippen LogP contribution in [0.2, 0.25) is 0 Å². The van der Waals surface area contributed by atoms with Crippen LogP contribution in [0.15, 0.2) is 110 Å². The average Bonchev–Trinajstić information content (AvgIpc) is 2.93. The van der Waals surface area contributed by atoms with Crippen LogP contribution < -0.4 is 9.13 Å². The molecule has 0 radical (unpaired) electrons. The molecule has 2 aromatic carbocycles. The topological polar surface area (TPSA) is 33.5 Å². The first kappa shape index (κ1) is 25.9. The summed E-state index contributed by atoms with van der Waals surface area (Å²) in [6, 6.07) is 30.5. The monoisotopic (exact) mass is 510 g/mol. The van der Waals surface area contributed by atoms with Crippen LogP contribution in [0.5, 0.6) is 0 Å². The molecule has 4 heteroatoms. The van der Waals surface area contributed by atoms with Gasteiger partial charge in [-0.25, -0.2) is 0 Å². The maximum absolute atomic E-state index is 4.17. The minimum Gasteiger partial charge on any atom is -0.265 e. The highest BCUT2D eigenvalue weighted by Gasteiger charge is 2.24. The molecule has 0 aliphatic heterocycles. The molecule has 4 aromatic heterocycles. The van der Waals surface area contributed by atoms with Gasteiger partial charge in [0.05, 0.1) is 10.8 Å². The second-order valence-electron chi connectivity index (χ2n) is 9.85. The number of aryl methyl sites for hydroxylation is 4. The minimum absolute atomic E-state index is 0. The molecule has 0 spiro atoms. The highest BCUT2D eigenvalue weighted by molar-refractivity contribution is 5.93. The van der Waals surface area contributed by atoms with Gasteiger partial charge in [0, 0.05) is 88.9 Å². The lowest BCUT2D eigenvalue weighted by Gasteiger charge is -2.11. The van der Waals surface area contributed by atoms with Crippen LogP contribution in [-0.4, -0.2) is 9.97 Å². The second kappa shape index (κ2) is 10.6. The molecule has 0 atom stereocenters. The van der Waals surface area contributed by atoms with Crippen LogP contribution >= 0.6 is 0 Å². The zero-order valence-corrected chi connectivity index (χ0v) is 22.2. The van der Waals surface area contributed by atoms with Crippen molar-refractivity contribution >= 4 is 10.8 Å². The molecule has 4 nitrogen and oxygen atoms in total. The molecule has 0 bridgehead atoms. The van der Waals surface area contributed by atoms with E-state index in [1.165, 1.54) is 67.2 Å². The molecule has 0 saturated carbocycles. The van der Waals surface area contributed by atoms with Crippen molar-refractivity contribution in [3.05, 3.63) is 132 Å². The van der Waals surface area contributed by atoms with E-state index in [9.17, 15) is 0 Å². The van der Waals surface area contributed by atoms with Crippen molar-refractivity contribution in [2.24, 2.45) is 0 Å². The highest BCUT2D eigenvalue weighted by atomic mass is 15.0. The summed E-state index contributed by atoms with van der Waals surface area (Å²) in [4.78, 5) is 8.34. The predicted molar refractivity (Wildman–Crippen MR) is 159 cm³/mol. The van der Waals surface area contributed by atoms with Crippen molar-refractivity contribution in [2.45, 2.75) is 35.1 Å². The van der Waals surface area contributed by atoms with Crippen LogP contribution in [0.25, 0.3) is 44.4 Å². The Hall–Kier alpha value is -4.70. The summed E-state index contributed by atoms with van der Waals surface area (Å²) in [5, 5.41) is 2.45. The number of benzene rings is 2. The van der Waals surface area contributed by atoms with Gasteiger partial charge in [-0.15, -0.1) is 0 Å². The molecule has 6 rings (SSSR count). The maximum Gasteiger partial charge on any atom is 0.219 e. The molecule has 0 saturated heterocycles. The van der Waals surface area contributed by atoms with E-state index in [4.69, 9.17) is 0 Å². The van der Waals surface area contributed by atoms with Gasteiger partial charge in [0.25, 0.3) is 0 Å². The van der Waals surface area contributed by atoms with E-state index >= 15 is 0 Å². The third-order valence-corrected chi connectivity index (χ3v) is 7.25.